The summed E-state index contributed by atoms with van der Waals surface area (Å²) < 4.78 is 0. The highest BCUT2D eigenvalue weighted by atomic mass is 16.4. The third kappa shape index (κ3) is 2.65. The van der Waals surface area contributed by atoms with Crippen LogP contribution in [0.3, 0.4) is 0 Å². The van der Waals surface area contributed by atoms with Crippen LogP contribution in [-0.2, 0) is 9.59 Å². The molecular weight excluding hydrogens is 300 g/mol. The Morgan fingerprint density at radius 3 is 2.35 bits per heavy atom. The van der Waals surface area contributed by atoms with Crippen molar-refractivity contribution in [3.63, 3.8) is 0 Å². The first-order valence-electron chi connectivity index (χ1n) is 7.26. The maximum Gasteiger partial charge on any atom is 0.273 e. The van der Waals surface area contributed by atoms with Gasteiger partial charge >= 0.3 is 0 Å². The zero-order valence-corrected chi connectivity index (χ0v) is 12.1. The zero-order chi connectivity index (χ0) is 16.6. The van der Waals surface area contributed by atoms with E-state index in [1.807, 2.05) is 6.08 Å². The van der Waals surface area contributed by atoms with Crippen LogP contribution < -0.4 is 16.0 Å². The monoisotopic (exact) mass is 315 g/mol. The Morgan fingerprint density at radius 1 is 1.04 bits per heavy atom. The summed E-state index contributed by atoms with van der Waals surface area (Å²) in [5.74, 6) is -4.73. The van der Waals surface area contributed by atoms with Gasteiger partial charge in [0.15, 0.2) is 0 Å². The number of carbonyl (C=O) groups is 3. The lowest BCUT2D eigenvalue weighted by molar-refractivity contribution is -0.313. The van der Waals surface area contributed by atoms with Crippen LogP contribution in [0.25, 0.3) is 0 Å². The summed E-state index contributed by atoms with van der Waals surface area (Å²) in [4.78, 5) is 35.5. The van der Waals surface area contributed by atoms with Gasteiger partial charge in [-0.1, -0.05) is 24.3 Å². The molecule has 0 unspecified atom stereocenters. The van der Waals surface area contributed by atoms with E-state index in [4.69, 9.17) is 0 Å². The second-order valence-corrected chi connectivity index (χ2v) is 5.78. The summed E-state index contributed by atoms with van der Waals surface area (Å²) in [6, 6.07) is 5.89. The van der Waals surface area contributed by atoms with Crippen molar-refractivity contribution in [1.82, 2.24) is 10.9 Å². The van der Waals surface area contributed by atoms with Gasteiger partial charge in [0.05, 0.1) is 11.5 Å². The first-order chi connectivity index (χ1) is 11.0. The standard InChI is InChI=1S/C16H16N2O5/c19-11-4-2-1-3-10(11)14(20)17-18-15(21)12-8-5-6-9(7-8)13(12)16(22)23/h1-6,8-9,12-13,19H,7H2,(H,17,20)(H,18,21)(H,22,23)/p-1/t8-,9+,12+,13+/m1/s1. The highest BCUT2D eigenvalue weighted by Gasteiger charge is 2.48. The summed E-state index contributed by atoms with van der Waals surface area (Å²) in [5.41, 5.74) is 4.46. The van der Waals surface area contributed by atoms with Crippen LogP contribution in [0.15, 0.2) is 36.4 Å². The number of rotatable bonds is 3. The lowest BCUT2D eigenvalue weighted by Gasteiger charge is -2.27. The van der Waals surface area contributed by atoms with Gasteiger partial charge in [0.25, 0.3) is 5.91 Å². The van der Waals surface area contributed by atoms with Gasteiger partial charge in [-0.25, -0.2) is 0 Å². The zero-order valence-electron chi connectivity index (χ0n) is 12.1. The number of aliphatic carboxylic acids is 1. The topological polar surface area (TPSA) is 119 Å². The number of phenols is 1. The average molecular weight is 315 g/mol. The Kier molecular flexibility index (Phi) is 3.77. The smallest absolute Gasteiger partial charge is 0.273 e. The number of amides is 2. The Bertz CT molecular complexity index is 699. The van der Waals surface area contributed by atoms with Gasteiger partial charge in [-0.15, -0.1) is 0 Å². The van der Waals surface area contributed by atoms with Crippen LogP contribution in [0.2, 0.25) is 0 Å². The highest BCUT2D eigenvalue weighted by molar-refractivity contribution is 5.98. The molecule has 2 aliphatic rings. The fraction of sp³-hybridized carbons (Fsp3) is 0.312. The molecule has 23 heavy (non-hydrogen) atoms. The molecule has 1 aromatic rings. The first-order valence-corrected chi connectivity index (χ1v) is 7.26. The fourth-order valence-electron chi connectivity index (χ4n) is 3.44. The molecule has 2 bridgehead atoms. The number of allylic oxidation sites excluding steroid dienone is 2. The maximum absolute atomic E-state index is 12.3. The predicted octanol–water partition coefficient (Wildman–Crippen LogP) is -0.659. The van der Waals surface area contributed by atoms with Gasteiger partial charge in [-0.05, 0) is 30.4 Å². The molecule has 2 aliphatic carbocycles. The van der Waals surface area contributed by atoms with E-state index >= 15 is 0 Å². The molecule has 0 aliphatic heterocycles. The van der Waals surface area contributed by atoms with Crippen LogP contribution in [-0.4, -0.2) is 22.9 Å². The average Bonchev–Trinajstić information content (AvgIpc) is 3.13. The fourth-order valence-corrected chi connectivity index (χ4v) is 3.44. The van der Waals surface area contributed by atoms with Crippen molar-refractivity contribution < 1.29 is 24.6 Å². The van der Waals surface area contributed by atoms with E-state index < -0.39 is 29.6 Å². The molecule has 4 atom stereocenters. The number of hydrogen-bond donors (Lipinski definition) is 3. The molecule has 3 rings (SSSR count). The molecule has 3 N–H and O–H groups in total. The quantitative estimate of drug-likeness (QED) is 0.505. The number of carboxylic acids is 1. The predicted molar refractivity (Wildman–Crippen MR) is 76.4 cm³/mol. The van der Waals surface area contributed by atoms with Gasteiger partial charge in [-0.3, -0.25) is 20.4 Å². The number of aromatic hydroxyl groups is 1. The van der Waals surface area contributed by atoms with E-state index in [0.29, 0.717) is 6.42 Å². The molecule has 1 fully saturated rings. The van der Waals surface area contributed by atoms with Crippen molar-refractivity contribution >= 4 is 17.8 Å². The van der Waals surface area contributed by atoms with Crippen molar-refractivity contribution in [2.24, 2.45) is 23.7 Å². The maximum atomic E-state index is 12.3. The first kappa shape index (κ1) is 15.1. The second-order valence-electron chi connectivity index (χ2n) is 5.78. The van der Waals surface area contributed by atoms with Crippen molar-refractivity contribution in [1.29, 1.82) is 0 Å². The number of hydrogen-bond acceptors (Lipinski definition) is 5. The van der Waals surface area contributed by atoms with Gasteiger partial charge in [0.2, 0.25) is 5.91 Å². The van der Waals surface area contributed by atoms with Crippen LogP contribution in [0.1, 0.15) is 16.8 Å². The molecule has 0 heterocycles. The highest BCUT2D eigenvalue weighted by Crippen LogP contribution is 2.47. The molecule has 1 aromatic carbocycles. The summed E-state index contributed by atoms with van der Waals surface area (Å²) in [6.45, 7) is 0. The van der Waals surface area contributed by atoms with E-state index in [1.165, 1.54) is 12.1 Å². The molecule has 0 spiro atoms. The Labute approximate surface area is 132 Å². The molecule has 7 heteroatoms. The normalized spacial score (nSPS) is 27.7. The van der Waals surface area contributed by atoms with Crippen molar-refractivity contribution in [3.8, 4) is 5.75 Å². The number of nitrogens with one attached hydrogen (secondary N) is 2. The van der Waals surface area contributed by atoms with Gasteiger partial charge in [0.1, 0.15) is 5.75 Å². The van der Waals surface area contributed by atoms with Crippen molar-refractivity contribution in [2.75, 3.05) is 0 Å². The summed E-state index contributed by atoms with van der Waals surface area (Å²) in [5, 5.41) is 20.9. The van der Waals surface area contributed by atoms with Crippen LogP contribution in [0.4, 0.5) is 0 Å². The van der Waals surface area contributed by atoms with E-state index in [1.54, 1.807) is 18.2 Å². The lowest BCUT2D eigenvalue weighted by Crippen LogP contribution is -2.50. The minimum absolute atomic E-state index is 0.0112. The summed E-state index contributed by atoms with van der Waals surface area (Å²) in [7, 11) is 0. The summed E-state index contributed by atoms with van der Waals surface area (Å²) in [6.07, 6.45) is 4.23. The van der Waals surface area contributed by atoms with E-state index in [9.17, 15) is 24.6 Å². The Hall–Kier alpha value is -2.83. The van der Waals surface area contributed by atoms with E-state index in [0.717, 1.165) is 0 Å². The molecule has 0 saturated heterocycles. The van der Waals surface area contributed by atoms with Crippen LogP contribution in [0.5, 0.6) is 5.75 Å². The lowest BCUT2D eigenvalue weighted by atomic mass is 9.82. The van der Waals surface area contributed by atoms with Crippen LogP contribution in [0, 0.1) is 23.7 Å². The summed E-state index contributed by atoms with van der Waals surface area (Å²) >= 11 is 0. The number of hydrazine groups is 1. The van der Waals surface area contributed by atoms with Crippen molar-refractivity contribution in [2.45, 2.75) is 6.42 Å². The molecule has 0 radical (unpaired) electrons. The molecule has 0 aromatic heterocycles. The number of phenolic OH excluding ortho intramolecular Hbond substituents is 1. The number of fused-ring (bicyclic) bond motifs is 2. The number of carboxylic acid groups (broad SMARTS) is 1. The molecule has 120 valence electrons. The van der Waals surface area contributed by atoms with Gasteiger partial charge in [0, 0.05) is 11.9 Å². The van der Waals surface area contributed by atoms with E-state index in [2.05, 4.69) is 10.9 Å². The van der Waals surface area contributed by atoms with Gasteiger partial charge in [-0.2, -0.15) is 0 Å². The third-order valence-electron chi connectivity index (χ3n) is 4.48. The molecule has 2 amide bonds. The number of benzene rings is 1. The largest absolute Gasteiger partial charge is 0.550 e. The second kappa shape index (κ2) is 5.75. The number of carbonyl (C=O) groups excluding carboxylic acids is 3. The molecule has 1 saturated carbocycles. The van der Waals surface area contributed by atoms with Gasteiger partial charge < -0.3 is 15.0 Å². The third-order valence-corrected chi connectivity index (χ3v) is 4.48. The van der Waals surface area contributed by atoms with E-state index in [-0.39, 0.29) is 23.1 Å². The molecular formula is C16H15N2O5-. The SMILES string of the molecule is O=C(NNC(=O)[C@@H]1[C@@H](C(=O)[O-])[C@H]2C=C[C@@H]1C2)c1ccccc1O. The minimum Gasteiger partial charge on any atom is -0.550 e. The van der Waals surface area contributed by atoms with Crippen molar-refractivity contribution in [3.05, 3.63) is 42.0 Å². The number of para-hydroxylation sites is 1. The Balaban J connectivity index is 1.66. The van der Waals surface area contributed by atoms with Crippen LogP contribution >= 0.6 is 0 Å². The minimum atomic E-state index is -1.26. The molecule has 7 nitrogen and oxygen atoms in total. The Morgan fingerprint density at radius 2 is 1.70 bits per heavy atom.